The summed E-state index contributed by atoms with van der Waals surface area (Å²) in [6.45, 7) is 1.17. The van der Waals surface area contributed by atoms with E-state index in [9.17, 15) is 9.59 Å². The Hall–Kier alpha value is -3.17. The Kier molecular flexibility index (Phi) is 6.87. The zero-order chi connectivity index (χ0) is 22.5. The third kappa shape index (κ3) is 5.00. The van der Waals surface area contributed by atoms with Crippen molar-refractivity contribution in [3.63, 3.8) is 0 Å². The first-order valence-corrected chi connectivity index (χ1v) is 11.7. The summed E-state index contributed by atoms with van der Waals surface area (Å²) in [5, 5.41) is 9.94. The lowest BCUT2D eigenvalue weighted by Gasteiger charge is -2.21. The second kappa shape index (κ2) is 9.97. The fraction of sp³-hybridized carbons (Fsp3) is 0.261. The van der Waals surface area contributed by atoms with Crippen molar-refractivity contribution in [3.05, 3.63) is 69.0 Å². The van der Waals surface area contributed by atoms with Crippen molar-refractivity contribution in [2.24, 2.45) is 5.10 Å². The Morgan fingerprint density at radius 3 is 2.47 bits per heavy atom. The number of ether oxygens (including phenoxy) is 3. The van der Waals surface area contributed by atoms with Crippen molar-refractivity contribution < 1.29 is 23.8 Å². The first-order chi connectivity index (χ1) is 15.5. The number of hydrogen-bond acceptors (Lipinski definition) is 8. The lowest BCUT2D eigenvalue weighted by Crippen LogP contribution is -2.34. The Morgan fingerprint density at radius 2 is 1.81 bits per heavy atom. The normalized spacial score (nSPS) is 16.4. The van der Waals surface area contributed by atoms with E-state index in [1.165, 1.54) is 5.01 Å². The fourth-order valence-corrected chi connectivity index (χ4v) is 4.79. The maximum Gasteiger partial charge on any atom is 0.347 e. The molecule has 0 N–H and O–H groups in total. The largest absolute Gasteiger partial charge is 0.497 e. The van der Waals surface area contributed by atoms with Gasteiger partial charge in [-0.25, -0.2) is 9.80 Å². The number of carbonyl (C=O) groups is 2. The van der Waals surface area contributed by atoms with Gasteiger partial charge in [0, 0.05) is 11.3 Å². The summed E-state index contributed by atoms with van der Waals surface area (Å²) in [6.07, 6.45) is -0.245. The van der Waals surface area contributed by atoms with Crippen LogP contribution < -0.4 is 9.47 Å². The molecule has 1 aliphatic heterocycles. The van der Waals surface area contributed by atoms with E-state index in [4.69, 9.17) is 14.2 Å². The summed E-state index contributed by atoms with van der Waals surface area (Å²) in [4.78, 5) is 27.4. The molecule has 9 heteroatoms. The molecule has 0 aliphatic carbocycles. The van der Waals surface area contributed by atoms with Gasteiger partial charge in [0.25, 0.3) is 5.91 Å². The maximum atomic E-state index is 12.9. The van der Waals surface area contributed by atoms with E-state index >= 15 is 0 Å². The molecule has 0 fully saturated rings. The first-order valence-electron chi connectivity index (χ1n) is 9.99. The highest BCUT2D eigenvalue weighted by atomic mass is 32.1. The van der Waals surface area contributed by atoms with Crippen LogP contribution in [0.25, 0.3) is 0 Å². The van der Waals surface area contributed by atoms with E-state index in [1.54, 1.807) is 61.0 Å². The van der Waals surface area contributed by atoms with Gasteiger partial charge in [-0.1, -0.05) is 12.1 Å². The van der Waals surface area contributed by atoms with E-state index in [0.717, 1.165) is 15.5 Å². The van der Waals surface area contributed by atoms with Crippen LogP contribution in [0.3, 0.4) is 0 Å². The van der Waals surface area contributed by atoms with Gasteiger partial charge in [-0.3, -0.25) is 4.79 Å². The predicted octanol–water partition coefficient (Wildman–Crippen LogP) is 4.51. The number of thiophene rings is 2. The molecular weight excluding hydrogens is 448 g/mol. The molecule has 3 aromatic rings. The number of amides is 1. The molecule has 1 aromatic carbocycles. The SMILES string of the molecule is COc1ccc(OC(C)C(=O)OCC(=O)N2N=C(c3cccs3)CC2c2cccs2)cc1. The summed E-state index contributed by atoms with van der Waals surface area (Å²) in [7, 11) is 1.57. The molecule has 2 aromatic heterocycles. The van der Waals surface area contributed by atoms with Gasteiger partial charge in [-0.05, 0) is 54.1 Å². The van der Waals surface area contributed by atoms with Crippen molar-refractivity contribution in [2.75, 3.05) is 13.7 Å². The summed E-state index contributed by atoms with van der Waals surface area (Å²) in [5.41, 5.74) is 0.856. The third-order valence-corrected chi connectivity index (χ3v) is 6.78. The molecule has 7 nitrogen and oxygen atoms in total. The van der Waals surface area contributed by atoms with Gasteiger partial charge in [0.15, 0.2) is 12.7 Å². The van der Waals surface area contributed by atoms with Crippen LogP contribution in [0.5, 0.6) is 11.5 Å². The molecule has 166 valence electrons. The number of methoxy groups -OCH3 is 1. The zero-order valence-corrected chi connectivity index (χ0v) is 19.2. The van der Waals surface area contributed by atoms with Crippen LogP contribution in [-0.2, 0) is 14.3 Å². The standard InChI is InChI=1S/C23H22N2O5S2/c1-15(30-17-9-7-16(28-2)8-10-17)23(27)29-14-22(26)25-19(21-6-4-12-32-21)13-18(24-25)20-5-3-11-31-20/h3-12,15,19H,13-14H2,1-2H3. The van der Waals surface area contributed by atoms with Gasteiger partial charge in [-0.2, -0.15) is 5.10 Å². The Labute approximate surface area is 193 Å². The molecule has 1 aliphatic rings. The minimum Gasteiger partial charge on any atom is -0.497 e. The number of hydrogen-bond donors (Lipinski definition) is 0. The maximum absolute atomic E-state index is 12.9. The topological polar surface area (TPSA) is 77.4 Å². The van der Waals surface area contributed by atoms with E-state index in [2.05, 4.69) is 5.10 Å². The van der Waals surface area contributed by atoms with E-state index < -0.39 is 18.7 Å². The Morgan fingerprint density at radius 1 is 1.09 bits per heavy atom. The average Bonchev–Trinajstić information content (AvgIpc) is 3.58. The number of benzene rings is 1. The highest BCUT2D eigenvalue weighted by Crippen LogP contribution is 2.35. The van der Waals surface area contributed by atoms with Gasteiger partial charge >= 0.3 is 5.97 Å². The van der Waals surface area contributed by atoms with Gasteiger partial charge < -0.3 is 14.2 Å². The Bertz CT molecular complexity index is 1080. The third-order valence-electron chi connectivity index (χ3n) is 4.89. The molecular formula is C23H22N2O5S2. The molecule has 0 radical (unpaired) electrons. The van der Waals surface area contributed by atoms with Crippen molar-refractivity contribution in [2.45, 2.75) is 25.5 Å². The second-order valence-corrected chi connectivity index (χ2v) is 8.97. The highest BCUT2D eigenvalue weighted by molar-refractivity contribution is 7.12. The van der Waals surface area contributed by atoms with Crippen LogP contribution in [0.2, 0.25) is 0 Å². The number of carbonyl (C=O) groups excluding carboxylic acids is 2. The van der Waals surface area contributed by atoms with Crippen LogP contribution in [0, 0.1) is 0 Å². The van der Waals surface area contributed by atoms with Crippen molar-refractivity contribution in [3.8, 4) is 11.5 Å². The number of hydrazone groups is 1. The van der Waals surface area contributed by atoms with Crippen LogP contribution in [0.15, 0.2) is 64.4 Å². The van der Waals surface area contributed by atoms with Gasteiger partial charge in [0.2, 0.25) is 0 Å². The fourth-order valence-electron chi connectivity index (χ4n) is 3.26. The second-order valence-electron chi connectivity index (χ2n) is 7.04. The average molecular weight is 471 g/mol. The van der Waals surface area contributed by atoms with Crippen LogP contribution in [0.1, 0.15) is 29.1 Å². The summed E-state index contributed by atoms with van der Waals surface area (Å²) >= 11 is 3.16. The van der Waals surface area contributed by atoms with Crippen LogP contribution in [-0.4, -0.2) is 42.4 Å². The van der Waals surface area contributed by atoms with E-state index in [0.29, 0.717) is 17.9 Å². The van der Waals surface area contributed by atoms with E-state index in [1.807, 2.05) is 35.0 Å². The number of nitrogens with zero attached hydrogens (tertiary/aromatic N) is 2. The van der Waals surface area contributed by atoms with Gasteiger partial charge in [-0.15, -0.1) is 22.7 Å². The van der Waals surface area contributed by atoms with E-state index in [-0.39, 0.29) is 11.9 Å². The van der Waals surface area contributed by atoms with Gasteiger partial charge in [0.1, 0.15) is 11.5 Å². The zero-order valence-electron chi connectivity index (χ0n) is 17.6. The predicted molar refractivity (Wildman–Crippen MR) is 123 cm³/mol. The molecule has 0 saturated carbocycles. The number of esters is 1. The highest BCUT2D eigenvalue weighted by Gasteiger charge is 2.34. The molecule has 0 spiro atoms. The molecule has 2 unspecified atom stereocenters. The summed E-state index contributed by atoms with van der Waals surface area (Å²) in [5.74, 6) is 0.194. The monoisotopic (exact) mass is 470 g/mol. The van der Waals surface area contributed by atoms with Crippen LogP contribution >= 0.6 is 22.7 Å². The van der Waals surface area contributed by atoms with Crippen molar-refractivity contribution >= 4 is 40.3 Å². The molecule has 32 heavy (non-hydrogen) atoms. The first kappa shape index (κ1) is 22.0. The quantitative estimate of drug-likeness (QED) is 0.453. The lowest BCUT2D eigenvalue weighted by atomic mass is 10.1. The number of rotatable bonds is 8. The molecule has 0 saturated heterocycles. The lowest BCUT2D eigenvalue weighted by molar-refractivity contribution is -0.158. The van der Waals surface area contributed by atoms with Crippen molar-refractivity contribution in [1.29, 1.82) is 0 Å². The molecule has 4 rings (SSSR count). The molecule has 0 bridgehead atoms. The Balaban J connectivity index is 1.38. The van der Waals surface area contributed by atoms with Crippen molar-refractivity contribution in [1.82, 2.24) is 5.01 Å². The summed E-state index contributed by atoms with van der Waals surface area (Å²) < 4.78 is 15.9. The smallest absolute Gasteiger partial charge is 0.347 e. The summed E-state index contributed by atoms with van der Waals surface area (Å²) in [6, 6.07) is 14.5. The van der Waals surface area contributed by atoms with Crippen LogP contribution in [0.4, 0.5) is 0 Å². The molecule has 3 heterocycles. The van der Waals surface area contributed by atoms with Gasteiger partial charge in [0.05, 0.1) is 23.7 Å². The minimum absolute atomic E-state index is 0.203. The molecule has 1 amide bonds. The minimum atomic E-state index is -0.868. The molecule has 2 atom stereocenters.